The van der Waals surface area contributed by atoms with E-state index in [-0.39, 0.29) is 23.0 Å². The van der Waals surface area contributed by atoms with Gasteiger partial charge in [-0.05, 0) is 24.6 Å². The molecule has 0 saturated carbocycles. The standard InChI is InChI=1S/C14H19NO5S/c1-4-21(19,20)12-7-5-11(6-8-12)9-13(16)15(3)10(2)14(17)18/h5-8,10H,4,9H2,1-3H3,(H,17,18). The predicted octanol–water partition coefficient (Wildman–Crippen LogP) is 0.954. The monoisotopic (exact) mass is 313 g/mol. The number of aliphatic carboxylic acids is 1. The zero-order valence-electron chi connectivity index (χ0n) is 12.2. The van der Waals surface area contributed by atoms with Crippen molar-refractivity contribution in [3.8, 4) is 0 Å². The highest BCUT2D eigenvalue weighted by Gasteiger charge is 2.21. The zero-order chi connectivity index (χ0) is 16.2. The molecule has 0 bridgehead atoms. The van der Waals surface area contributed by atoms with Crippen molar-refractivity contribution in [3.63, 3.8) is 0 Å². The van der Waals surface area contributed by atoms with Gasteiger partial charge in [-0.2, -0.15) is 0 Å². The van der Waals surface area contributed by atoms with Crippen molar-refractivity contribution in [1.29, 1.82) is 0 Å². The van der Waals surface area contributed by atoms with Gasteiger partial charge >= 0.3 is 5.97 Å². The molecule has 1 amide bonds. The minimum atomic E-state index is -3.26. The molecule has 1 N–H and O–H groups in total. The Balaban J connectivity index is 2.81. The van der Waals surface area contributed by atoms with E-state index in [2.05, 4.69) is 0 Å². The van der Waals surface area contributed by atoms with Crippen molar-refractivity contribution in [2.24, 2.45) is 0 Å². The Bertz CT molecular complexity index is 621. The second kappa shape index (κ2) is 6.71. The Morgan fingerprint density at radius 3 is 2.19 bits per heavy atom. The van der Waals surface area contributed by atoms with E-state index < -0.39 is 21.8 Å². The Morgan fingerprint density at radius 1 is 1.24 bits per heavy atom. The van der Waals surface area contributed by atoms with Gasteiger partial charge in [-0.15, -0.1) is 0 Å². The maximum absolute atomic E-state index is 11.9. The van der Waals surface area contributed by atoms with Crippen molar-refractivity contribution in [3.05, 3.63) is 29.8 Å². The van der Waals surface area contributed by atoms with E-state index >= 15 is 0 Å². The van der Waals surface area contributed by atoms with Gasteiger partial charge in [0.05, 0.1) is 17.1 Å². The number of rotatable bonds is 6. The van der Waals surface area contributed by atoms with Gasteiger partial charge in [0.2, 0.25) is 5.91 Å². The maximum Gasteiger partial charge on any atom is 0.326 e. The number of hydrogen-bond acceptors (Lipinski definition) is 4. The molecule has 0 saturated heterocycles. The van der Waals surface area contributed by atoms with E-state index in [1.807, 2.05) is 0 Å². The summed E-state index contributed by atoms with van der Waals surface area (Å²) in [6, 6.07) is 5.15. The molecule has 0 spiro atoms. The van der Waals surface area contributed by atoms with Crippen LogP contribution in [0.2, 0.25) is 0 Å². The number of nitrogens with zero attached hydrogens (tertiary/aromatic N) is 1. The van der Waals surface area contributed by atoms with Gasteiger partial charge < -0.3 is 10.0 Å². The average molecular weight is 313 g/mol. The molecule has 6 nitrogen and oxygen atoms in total. The first kappa shape index (κ1) is 17.2. The van der Waals surface area contributed by atoms with Crippen LogP contribution in [0.25, 0.3) is 0 Å². The van der Waals surface area contributed by atoms with Crippen molar-refractivity contribution < 1.29 is 23.1 Å². The van der Waals surface area contributed by atoms with Gasteiger partial charge in [0.15, 0.2) is 9.84 Å². The quantitative estimate of drug-likeness (QED) is 0.844. The largest absolute Gasteiger partial charge is 0.480 e. The van der Waals surface area contributed by atoms with Crippen LogP contribution in [0, 0.1) is 0 Å². The van der Waals surface area contributed by atoms with E-state index in [0.717, 1.165) is 4.90 Å². The third kappa shape index (κ3) is 4.29. The summed E-state index contributed by atoms with van der Waals surface area (Å²) in [6.45, 7) is 2.99. The predicted molar refractivity (Wildman–Crippen MR) is 77.7 cm³/mol. The maximum atomic E-state index is 11.9. The van der Waals surface area contributed by atoms with Crippen molar-refractivity contribution >= 4 is 21.7 Å². The van der Waals surface area contributed by atoms with E-state index in [1.54, 1.807) is 19.1 Å². The lowest BCUT2D eigenvalue weighted by Crippen LogP contribution is -2.41. The number of likely N-dealkylation sites (N-methyl/N-ethyl adjacent to an activating group) is 1. The Labute approximate surface area is 124 Å². The summed E-state index contributed by atoms with van der Waals surface area (Å²) in [7, 11) is -1.83. The molecule has 21 heavy (non-hydrogen) atoms. The van der Waals surface area contributed by atoms with Crippen LogP contribution in [0.1, 0.15) is 19.4 Å². The fourth-order valence-corrected chi connectivity index (χ4v) is 2.55. The lowest BCUT2D eigenvalue weighted by molar-refractivity contribution is -0.147. The zero-order valence-corrected chi connectivity index (χ0v) is 13.1. The molecule has 1 aromatic rings. The lowest BCUT2D eigenvalue weighted by atomic mass is 10.1. The molecule has 0 aliphatic heterocycles. The van der Waals surface area contributed by atoms with Gasteiger partial charge in [-0.25, -0.2) is 13.2 Å². The van der Waals surface area contributed by atoms with Crippen LogP contribution in [0.5, 0.6) is 0 Å². The number of hydrogen-bond donors (Lipinski definition) is 1. The van der Waals surface area contributed by atoms with Crippen LogP contribution in [-0.4, -0.2) is 49.1 Å². The molecule has 0 aromatic heterocycles. The van der Waals surface area contributed by atoms with Gasteiger partial charge in [-0.3, -0.25) is 4.79 Å². The van der Waals surface area contributed by atoms with Crippen molar-refractivity contribution in [2.45, 2.75) is 31.2 Å². The summed E-state index contributed by atoms with van der Waals surface area (Å²) < 4.78 is 23.3. The van der Waals surface area contributed by atoms with Gasteiger partial charge in [0.25, 0.3) is 0 Å². The molecule has 0 aliphatic carbocycles. The molecule has 0 aliphatic rings. The number of carbonyl (C=O) groups excluding carboxylic acids is 1. The van der Waals surface area contributed by atoms with Gasteiger partial charge in [0, 0.05) is 7.05 Å². The first-order valence-corrected chi connectivity index (χ1v) is 8.14. The van der Waals surface area contributed by atoms with Crippen molar-refractivity contribution in [2.75, 3.05) is 12.8 Å². The summed E-state index contributed by atoms with van der Waals surface area (Å²) in [4.78, 5) is 24.1. The molecule has 116 valence electrons. The molecule has 1 aromatic carbocycles. The summed E-state index contributed by atoms with van der Waals surface area (Å²) in [6.07, 6.45) is 0.0283. The van der Waals surface area contributed by atoms with Crippen LogP contribution in [0.4, 0.5) is 0 Å². The molecule has 0 heterocycles. The minimum absolute atomic E-state index is 0.0180. The molecular formula is C14H19NO5S. The molecule has 1 rings (SSSR count). The number of amides is 1. The average Bonchev–Trinajstić information content (AvgIpc) is 2.46. The van der Waals surface area contributed by atoms with Crippen LogP contribution < -0.4 is 0 Å². The number of sulfone groups is 1. The lowest BCUT2D eigenvalue weighted by Gasteiger charge is -2.21. The summed E-state index contributed by atoms with van der Waals surface area (Å²) in [5.41, 5.74) is 0.638. The highest BCUT2D eigenvalue weighted by Crippen LogP contribution is 2.13. The molecular weight excluding hydrogens is 294 g/mol. The second-order valence-corrected chi connectivity index (χ2v) is 7.02. The molecule has 1 atom stereocenters. The van der Waals surface area contributed by atoms with E-state index in [4.69, 9.17) is 5.11 Å². The number of carboxylic acid groups (broad SMARTS) is 1. The van der Waals surface area contributed by atoms with E-state index in [9.17, 15) is 18.0 Å². The fraction of sp³-hybridized carbons (Fsp3) is 0.429. The molecule has 1 unspecified atom stereocenters. The SMILES string of the molecule is CCS(=O)(=O)c1ccc(CC(=O)N(C)C(C)C(=O)O)cc1. The summed E-state index contributed by atoms with van der Waals surface area (Å²) in [5, 5.41) is 8.86. The highest BCUT2D eigenvalue weighted by molar-refractivity contribution is 7.91. The number of benzene rings is 1. The Morgan fingerprint density at radius 2 is 1.76 bits per heavy atom. The Hall–Kier alpha value is -1.89. The molecule has 0 fully saturated rings. The third-order valence-electron chi connectivity index (χ3n) is 3.35. The first-order valence-electron chi connectivity index (χ1n) is 6.49. The normalized spacial score (nSPS) is 12.7. The molecule has 7 heteroatoms. The van der Waals surface area contributed by atoms with Crippen LogP contribution in [-0.2, 0) is 25.8 Å². The number of carbonyl (C=O) groups is 2. The van der Waals surface area contributed by atoms with Crippen LogP contribution in [0.3, 0.4) is 0 Å². The third-order valence-corrected chi connectivity index (χ3v) is 5.10. The fourth-order valence-electron chi connectivity index (χ4n) is 1.66. The van der Waals surface area contributed by atoms with Gasteiger partial charge in [-0.1, -0.05) is 19.1 Å². The minimum Gasteiger partial charge on any atom is -0.480 e. The molecule has 0 radical (unpaired) electrons. The van der Waals surface area contributed by atoms with Crippen molar-refractivity contribution in [1.82, 2.24) is 4.90 Å². The van der Waals surface area contributed by atoms with E-state index in [0.29, 0.717) is 5.56 Å². The highest BCUT2D eigenvalue weighted by atomic mass is 32.2. The summed E-state index contributed by atoms with van der Waals surface area (Å²) >= 11 is 0. The number of carboxylic acids is 1. The first-order chi connectivity index (χ1) is 9.69. The van der Waals surface area contributed by atoms with Gasteiger partial charge in [0.1, 0.15) is 6.04 Å². The topological polar surface area (TPSA) is 91.8 Å². The van der Waals surface area contributed by atoms with Crippen LogP contribution in [0.15, 0.2) is 29.2 Å². The Kier molecular flexibility index (Phi) is 5.48. The summed E-state index contributed by atoms with van der Waals surface area (Å²) in [5.74, 6) is -1.39. The van der Waals surface area contributed by atoms with Crippen LogP contribution >= 0.6 is 0 Å². The van der Waals surface area contributed by atoms with E-state index in [1.165, 1.54) is 26.1 Å². The second-order valence-electron chi connectivity index (χ2n) is 4.74. The smallest absolute Gasteiger partial charge is 0.326 e.